The standard InChI is InChI=1S/C14H7Cl4FO2/c1-21-10-3-2-6(4-9(10)19)14(20)11-7(15)5-8(16)12(17)13(11)18/h2-5H,1H3. The molecule has 0 fully saturated rings. The second-order valence-corrected chi connectivity index (χ2v) is 5.59. The monoisotopic (exact) mass is 366 g/mol. The molecule has 0 radical (unpaired) electrons. The Morgan fingerprint density at radius 2 is 1.71 bits per heavy atom. The Bertz CT molecular complexity index is 731. The van der Waals surface area contributed by atoms with E-state index in [9.17, 15) is 9.18 Å². The number of carbonyl (C=O) groups is 1. The summed E-state index contributed by atoms with van der Waals surface area (Å²) in [4.78, 5) is 12.4. The van der Waals surface area contributed by atoms with E-state index in [4.69, 9.17) is 51.1 Å². The molecule has 0 bridgehead atoms. The van der Waals surface area contributed by atoms with Crippen molar-refractivity contribution in [1.29, 1.82) is 0 Å². The molecule has 0 N–H and O–H groups in total. The Balaban J connectivity index is 2.55. The molecule has 0 heterocycles. The van der Waals surface area contributed by atoms with E-state index in [0.717, 1.165) is 6.07 Å². The van der Waals surface area contributed by atoms with E-state index in [-0.39, 0.29) is 37.0 Å². The van der Waals surface area contributed by atoms with E-state index >= 15 is 0 Å². The summed E-state index contributed by atoms with van der Waals surface area (Å²) in [6, 6.07) is 5.09. The fraction of sp³-hybridized carbons (Fsp3) is 0.0714. The van der Waals surface area contributed by atoms with Gasteiger partial charge in [-0.3, -0.25) is 4.79 Å². The van der Waals surface area contributed by atoms with Crippen LogP contribution in [-0.4, -0.2) is 12.9 Å². The normalized spacial score (nSPS) is 10.6. The third-order valence-corrected chi connectivity index (χ3v) is 4.32. The predicted molar refractivity (Wildman–Crippen MR) is 82.9 cm³/mol. The molecule has 0 atom stereocenters. The molecule has 21 heavy (non-hydrogen) atoms. The quantitative estimate of drug-likeness (QED) is 0.396. The molecule has 2 aromatic rings. The van der Waals surface area contributed by atoms with Crippen molar-refractivity contribution in [1.82, 2.24) is 0 Å². The van der Waals surface area contributed by atoms with Crippen LogP contribution in [0.3, 0.4) is 0 Å². The van der Waals surface area contributed by atoms with Gasteiger partial charge in [-0.2, -0.15) is 0 Å². The minimum atomic E-state index is -0.671. The van der Waals surface area contributed by atoms with Crippen molar-refractivity contribution in [2.24, 2.45) is 0 Å². The number of rotatable bonds is 3. The first kappa shape index (κ1) is 16.4. The van der Waals surface area contributed by atoms with Gasteiger partial charge in [0.1, 0.15) is 0 Å². The van der Waals surface area contributed by atoms with E-state index in [1.165, 1.54) is 25.3 Å². The summed E-state index contributed by atoms with van der Waals surface area (Å²) in [6.07, 6.45) is 0. The molecule has 0 aliphatic rings. The van der Waals surface area contributed by atoms with Crippen LogP contribution < -0.4 is 4.74 Å². The van der Waals surface area contributed by atoms with Crippen molar-refractivity contribution in [3.63, 3.8) is 0 Å². The van der Waals surface area contributed by atoms with Gasteiger partial charge in [0.2, 0.25) is 0 Å². The molecule has 0 saturated carbocycles. The number of ether oxygens (including phenoxy) is 1. The maximum atomic E-state index is 13.7. The molecule has 0 aliphatic heterocycles. The first-order valence-electron chi connectivity index (χ1n) is 5.58. The van der Waals surface area contributed by atoms with E-state index in [1.54, 1.807) is 0 Å². The minimum Gasteiger partial charge on any atom is -0.494 e. The first-order valence-corrected chi connectivity index (χ1v) is 7.09. The van der Waals surface area contributed by atoms with Crippen LogP contribution in [0.5, 0.6) is 5.75 Å². The highest BCUT2D eigenvalue weighted by molar-refractivity contribution is 6.51. The van der Waals surface area contributed by atoms with Crippen LogP contribution >= 0.6 is 46.4 Å². The van der Waals surface area contributed by atoms with Gasteiger partial charge < -0.3 is 4.74 Å². The molecule has 2 aromatic carbocycles. The number of ketones is 1. The van der Waals surface area contributed by atoms with Gasteiger partial charge in [0.15, 0.2) is 17.3 Å². The largest absolute Gasteiger partial charge is 0.494 e. The van der Waals surface area contributed by atoms with Gasteiger partial charge in [0, 0.05) is 5.56 Å². The van der Waals surface area contributed by atoms with Crippen LogP contribution in [0.1, 0.15) is 15.9 Å². The van der Waals surface area contributed by atoms with Crippen molar-refractivity contribution >= 4 is 52.2 Å². The molecular weight excluding hydrogens is 361 g/mol. The van der Waals surface area contributed by atoms with Gasteiger partial charge >= 0.3 is 0 Å². The van der Waals surface area contributed by atoms with Crippen molar-refractivity contribution in [3.8, 4) is 5.75 Å². The maximum Gasteiger partial charge on any atom is 0.196 e. The van der Waals surface area contributed by atoms with Crippen molar-refractivity contribution in [3.05, 3.63) is 61.3 Å². The third-order valence-electron chi connectivity index (χ3n) is 2.76. The Morgan fingerprint density at radius 1 is 1.05 bits per heavy atom. The predicted octanol–water partition coefficient (Wildman–Crippen LogP) is 5.68. The summed E-state index contributed by atoms with van der Waals surface area (Å²) in [5, 5.41) is 0.107. The van der Waals surface area contributed by atoms with Crippen LogP contribution in [0, 0.1) is 5.82 Å². The van der Waals surface area contributed by atoms with Crippen LogP contribution in [0.25, 0.3) is 0 Å². The molecule has 110 valence electrons. The highest BCUT2D eigenvalue weighted by Crippen LogP contribution is 2.38. The molecule has 0 amide bonds. The fourth-order valence-corrected chi connectivity index (χ4v) is 2.81. The smallest absolute Gasteiger partial charge is 0.196 e. The van der Waals surface area contributed by atoms with Crippen molar-refractivity contribution in [2.75, 3.05) is 7.11 Å². The summed E-state index contributed by atoms with van der Waals surface area (Å²) in [6.45, 7) is 0. The molecule has 2 nitrogen and oxygen atoms in total. The second-order valence-electron chi connectivity index (χ2n) is 4.02. The number of carbonyl (C=O) groups excluding carboxylic acids is 1. The summed E-state index contributed by atoms with van der Waals surface area (Å²) < 4.78 is 18.5. The van der Waals surface area contributed by atoms with Gasteiger partial charge in [-0.05, 0) is 24.3 Å². The summed E-state index contributed by atoms with van der Waals surface area (Å²) in [5.74, 6) is -1.21. The van der Waals surface area contributed by atoms with E-state index in [2.05, 4.69) is 0 Å². The lowest BCUT2D eigenvalue weighted by Gasteiger charge is -2.10. The second kappa shape index (κ2) is 6.41. The SMILES string of the molecule is COc1ccc(C(=O)c2c(Cl)cc(Cl)c(Cl)c2Cl)cc1F. The maximum absolute atomic E-state index is 13.7. The summed E-state index contributed by atoms with van der Waals surface area (Å²) in [7, 11) is 1.33. The van der Waals surface area contributed by atoms with E-state index < -0.39 is 11.6 Å². The van der Waals surface area contributed by atoms with Crippen LogP contribution in [-0.2, 0) is 0 Å². The molecule has 0 aromatic heterocycles. The molecule has 2 rings (SSSR count). The fourth-order valence-electron chi connectivity index (χ4n) is 1.73. The zero-order chi connectivity index (χ0) is 15.7. The molecule has 0 saturated heterocycles. The summed E-state index contributed by atoms with van der Waals surface area (Å²) >= 11 is 23.7. The minimum absolute atomic E-state index is 0.0140. The van der Waals surface area contributed by atoms with Crippen LogP contribution in [0.2, 0.25) is 20.1 Å². The Labute approximate surface area is 140 Å². The lowest BCUT2D eigenvalue weighted by molar-refractivity contribution is 0.103. The number of hydrogen-bond acceptors (Lipinski definition) is 2. The Hall–Kier alpha value is -1.000. The molecular formula is C14H7Cl4FO2. The summed E-state index contributed by atoms with van der Waals surface area (Å²) in [5.41, 5.74) is 0.0350. The topological polar surface area (TPSA) is 26.3 Å². The first-order chi connectivity index (χ1) is 9.86. The van der Waals surface area contributed by atoms with Crippen molar-refractivity contribution < 1.29 is 13.9 Å². The number of methoxy groups -OCH3 is 1. The third kappa shape index (κ3) is 3.11. The van der Waals surface area contributed by atoms with Crippen LogP contribution in [0.15, 0.2) is 24.3 Å². The number of halogens is 5. The highest BCUT2D eigenvalue weighted by Gasteiger charge is 2.22. The van der Waals surface area contributed by atoms with Gasteiger partial charge in [-0.15, -0.1) is 0 Å². The molecule has 0 aliphatic carbocycles. The average molecular weight is 368 g/mol. The Morgan fingerprint density at radius 3 is 2.29 bits per heavy atom. The molecule has 0 unspecified atom stereocenters. The Kier molecular flexibility index (Phi) is 4.99. The van der Waals surface area contributed by atoms with Gasteiger partial charge in [0.25, 0.3) is 0 Å². The van der Waals surface area contributed by atoms with E-state index in [0.29, 0.717) is 0 Å². The van der Waals surface area contributed by atoms with Gasteiger partial charge in [0.05, 0.1) is 32.8 Å². The van der Waals surface area contributed by atoms with Crippen molar-refractivity contribution in [2.45, 2.75) is 0 Å². The van der Waals surface area contributed by atoms with E-state index in [1.807, 2.05) is 0 Å². The zero-order valence-corrected chi connectivity index (χ0v) is 13.5. The lowest BCUT2D eigenvalue weighted by atomic mass is 10.0. The van der Waals surface area contributed by atoms with Gasteiger partial charge in [-0.1, -0.05) is 46.4 Å². The highest BCUT2D eigenvalue weighted by atomic mass is 35.5. The molecule has 7 heteroatoms. The number of hydrogen-bond donors (Lipinski definition) is 0. The zero-order valence-electron chi connectivity index (χ0n) is 10.5. The van der Waals surface area contributed by atoms with Gasteiger partial charge in [-0.25, -0.2) is 4.39 Å². The lowest BCUT2D eigenvalue weighted by Crippen LogP contribution is -2.05. The number of benzene rings is 2. The average Bonchev–Trinajstić information content (AvgIpc) is 2.44. The molecule has 0 spiro atoms. The van der Waals surface area contributed by atoms with Crippen LogP contribution in [0.4, 0.5) is 4.39 Å².